The lowest BCUT2D eigenvalue weighted by molar-refractivity contribution is -0.126. The van der Waals surface area contributed by atoms with E-state index in [2.05, 4.69) is 5.32 Å². The summed E-state index contributed by atoms with van der Waals surface area (Å²) in [5.41, 5.74) is 11.5. The summed E-state index contributed by atoms with van der Waals surface area (Å²) < 4.78 is 5.43. The first kappa shape index (κ1) is 12.4. The van der Waals surface area contributed by atoms with Gasteiger partial charge in [0.15, 0.2) is 0 Å². The topological polar surface area (TPSA) is 107 Å². The number of hydrogen-bond donors (Lipinski definition) is 3. The molecule has 2 rings (SSSR count). The molecule has 0 bridgehead atoms. The quantitative estimate of drug-likeness (QED) is 0.664. The fourth-order valence-electron chi connectivity index (χ4n) is 1.87. The largest absolute Gasteiger partial charge is 0.491 e. The molecule has 1 aromatic carbocycles. The van der Waals surface area contributed by atoms with Gasteiger partial charge in [-0.1, -0.05) is 18.2 Å². The van der Waals surface area contributed by atoms with Gasteiger partial charge in [-0.3, -0.25) is 9.59 Å². The summed E-state index contributed by atoms with van der Waals surface area (Å²) in [4.78, 5) is 22.4. The molecule has 2 atom stereocenters. The minimum absolute atomic E-state index is 0.166. The lowest BCUT2D eigenvalue weighted by atomic mass is 10.1. The fourth-order valence-corrected chi connectivity index (χ4v) is 1.87. The highest BCUT2D eigenvalue weighted by atomic mass is 16.5. The molecular weight excluding hydrogens is 234 g/mol. The molecule has 1 aromatic rings. The molecule has 5 N–H and O–H groups in total. The van der Waals surface area contributed by atoms with Gasteiger partial charge in [0.25, 0.3) is 0 Å². The Morgan fingerprint density at radius 3 is 2.89 bits per heavy atom. The van der Waals surface area contributed by atoms with E-state index in [9.17, 15) is 9.59 Å². The van der Waals surface area contributed by atoms with Crippen LogP contribution in [0.1, 0.15) is 18.0 Å². The first-order chi connectivity index (χ1) is 8.58. The smallest absolute Gasteiger partial charge is 0.238 e. The summed E-state index contributed by atoms with van der Waals surface area (Å²) in [5, 5.41) is 2.74. The predicted molar refractivity (Wildman–Crippen MR) is 64.6 cm³/mol. The summed E-state index contributed by atoms with van der Waals surface area (Å²) in [5.74, 6) is -0.244. The molecular formula is C12H15N3O3. The van der Waals surface area contributed by atoms with Gasteiger partial charge in [0.05, 0.1) is 18.5 Å². The molecule has 1 aliphatic heterocycles. The summed E-state index contributed by atoms with van der Waals surface area (Å²) >= 11 is 0. The maximum Gasteiger partial charge on any atom is 0.238 e. The number of nitrogens with one attached hydrogen (secondary N) is 1. The summed E-state index contributed by atoms with van der Waals surface area (Å²) in [6, 6.07) is 6.30. The molecule has 0 fully saturated rings. The van der Waals surface area contributed by atoms with Crippen LogP contribution in [0.25, 0.3) is 0 Å². The first-order valence-corrected chi connectivity index (χ1v) is 5.64. The average molecular weight is 249 g/mol. The van der Waals surface area contributed by atoms with Crippen LogP contribution in [0.15, 0.2) is 24.3 Å². The van der Waals surface area contributed by atoms with Crippen LogP contribution < -0.4 is 21.5 Å². The standard InChI is InChI=1S/C12H15N3O3/c13-8(5-11(14)16)12(17)15-9-6-18-10-4-2-1-3-7(9)10/h1-4,8-9H,5-6,13H2,(H2,14,16)(H,15,17). The van der Waals surface area contributed by atoms with Crippen molar-refractivity contribution in [3.8, 4) is 5.75 Å². The molecule has 96 valence electrons. The zero-order valence-corrected chi connectivity index (χ0v) is 9.76. The van der Waals surface area contributed by atoms with E-state index in [1.807, 2.05) is 24.3 Å². The number of rotatable bonds is 4. The van der Waals surface area contributed by atoms with E-state index < -0.39 is 17.9 Å². The molecule has 18 heavy (non-hydrogen) atoms. The summed E-state index contributed by atoms with van der Waals surface area (Å²) in [6.07, 6.45) is -0.166. The number of nitrogens with two attached hydrogens (primary N) is 2. The molecule has 1 aliphatic rings. The molecule has 0 spiro atoms. The van der Waals surface area contributed by atoms with Crippen LogP contribution in [0.3, 0.4) is 0 Å². The number of fused-ring (bicyclic) bond motifs is 1. The highest BCUT2D eigenvalue weighted by molar-refractivity contribution is 5.87. The first-order valence-electron chi connectivity index (χ1n) is 5.64. The number of para-hydroxylation sites is 1. The van der Waals surface area contributed by atoms with Crippen molar-refractivity contribution >= 4 is 11.8 Å². The van der Waals surface area contributed by atoms with Crippen molar-refractivity contribution in [1.29, 1.82) is 0 Å². The number of carbonyl (C=O) groups excluding carboxylic acids is 2. The molecule has 0 radical (unpaired) electrons. The maximum atomic E-state index is 11.7. The van der Waals surface area contributed by atoms with E-state index in [4.69, 9.17) is 16.2 Å². The van der Waals surface area contributed by atoms with Crippen LogP contribution >= 0.6 is 0 Å². The average Bonchev–Trinajstić information content (AvgIpc) is 2.72. The second kappa shape index (κ2) is 5.05. The maximum absolute atomic E-state index is 11.7. The molecule has 0 saturated heterocycles. The van der Waals surface area contributed by atoms with Crippen LogP contribution in [0, 0.1) is 0 Å². The SMILES string of the molecule is NC(=O)CC(N)C(=O)NC1COc2ccccc21. The third kappa shape index (κ3) is 2.60. The third-order valence-corrected chi connectivity index (χ3v) is 2.77. The lowest BCUT2D eigenvalue weighted by Crippen LogP contribution is -2.44. The van der Waals surface area contributed by atoms with E-state index in [0.29, 0.717) is 6.61 Å². The normalized spacial score (nSPS) is 18.6. The van der Waals surface area contributed by atoms with Crippen LogP contribution in [0.4, 0.5) is 0 Å². The Hall–Kier alpha value is -2.08. The van der Waals surface area contributed by atoms with Gasteiger partial charge in [-0.25, -0.2) is 0 Å². The van der Waals surface area contributed by atoms with Crippen molar-refractivity contribution in [1.82, 2.24) is 5.32 Å². The molecule has 2 unspecified atom stereocenters. The second-order valence-electron chi connectivity index (χ2n) is 4.19. The molecule has 0 aliphatic carbocycles. The Bertz CT molecular complexity index is 475. The van der Waals surface area contributed by atoms with E-state index >= 15 is 0 Å². The minimum Gasteiger partial charge on any atom is -0.491 e. The Balaban J connectivity index is 1.99. The van der Waals surface area contributed by atoms with E-state index in [1.165, 1.54) is 0 Å². The summed E-state index contributed by atoms with van der Waals surface area (Å²) in [7, 11) is 0. The highest BCUT2D eigenvalue weighted by Gasteiger charge is 2.27. The molecule has 0 aromatic heterocycles. The van der Waals surface area contributed by atoms with Gasteiger partial charge in [-0.15, -0.1) is 0 Å². The van der Waals surface area contributed by atoms with Crippen molar-refractivity contribution in [3.63, 3.8) is 0 Å². The van der Waals surface area contributed by atoms with Crippen molar-refractivity contribution in [3.05, 3.63) is 29.8 Å². The number of benzene rings is 1. The van der Waals surface area contributed by atoms with Gasteiger partial charge in [-0.2, -0.15) is 0 Å². The monoisotopic (exact) mass is 249 g/mol. The van der Waals surface area contributed by atoms with Gasteiger partial charge >= 0.3 is 0 Å². The Morgan fingerprint density at radius 1 is 1.44 bits per heavy atom. The zero-order chi connectivity index (χ0) is 13.1. The second-order valence-corrected chi connectivity index (χ2v) is 4.19. The molecule has 0 saturated carbocycles. The Morgan fingerprint density at radius 2 is 2.17 bits per heavy atom. The van der Waals surface area contributed by atoms with Crippen LogP contribution in [-0.4, -0.2) is 24.5 Å². The highest BCUT2D eigenvalue weighted by Crippen LogP contribution is 2.31. The predicted octanol–water partition coefficient (Wildman–Crippen LogP) is -0.561. The zero-order valence-electron chi connectivity index (χ0n) is 9.76. The van der Waals surface area contributed by atoms with Gasteiger partial charge < -0.3 is 21.5 Å². The van der Waals surface area contributed by atoms with Gasteiger partial charge in [0.2, 0.25) is 11.8 Å². The van der Waals surface area contributed by atoms with E-state index in [0.717, 1.165) is 11.3 Å². The van der Waals surface area contributed by atoms with Gasteiger partial charge in [0, 0.05) is 5.56 Å². The molecule has 1 heterocycles. The fraction of sp³-hybridized carbons (Fsp3) is 0.333. The lowest BCUT2D eigenvalue weighted by Gasteiger charge is -2.15. The van der Waals surface area contributed by atoms with Gasteiger partial charge in [0.1, 0.15) is 12.4 Å². The number of primary amides is 1. The van der Waals surface area contributed by atoms with E-state index in [-0.39, 0.29) is 12.5 Å². The third-order valence-electron chi connectivity index (χ3n) is 2.77. The molecule has 6 heteroatoms. The Labute approximate surface area is 104 Å². The Kier molecular flexibility index (Phi) is 3.47. The van der Waals surface area contributed by atoms with Crippen molar-refractivity contribution < 1.29 is 14.3 Å². The van der Waals surface area contributed by atoms with Crippen molar-refractivity contribution in [2.24, 2.45) is 11.5 Å². The van der Waals surface area contributed by atoms with Crippen LogP contribution in [-0.2, 0) is 9.59 Å². The van der Waals surface area contributed by atoms with Crippen LogP contribution in [0.2, 0.25) is 0 Å². The van der Waals surface area contributed by atoms with E-state index in [1.54, 1.807) is 0 Å². The van der Waals surface area contributed by atoms with Crippen molar-refractivity contribution in [2.45, 2.75) is 18.5 Å². The molecule has 2 amide bonds. The number of amides is 2. The van der Waals surface area contributed by atoms with Gasteiger partial charge in [-0.05, 0) is 6.07 Å². The van der Waals surface area contributed by atoms with Crippen molar-refractivity contribution in [2.75, 3.05) is 6.61 Å². The minimum atomic E-state index is -0.921. The summed E-state index contributed by atoms with van der Waals surface area (Å²) in [6.45, 7) is 0.369. The number of hydrogen-bond acceptors (Lipinski definition) is 4. The number of ether oxygens (including phenoxy) is 1. The van der Waals surface area contributed by atoms with Crippen LogP contribution in [0.5, 0.6) is 5.75 Å². The number of carbonyl (C=O) groups is 2. The molecule has 6 nitrogen and oxygen atoms in total.